The third-order valence-electron chi connectivity index (χ3n) is 3.96. The number of hydrogen-bond acceptors (Lipinski definition) is 4. The minimum atomic E-state index is -1.37. The van der Waals surface area contributed by atoms with Gasteiger partial charge in [0.15, 0.2) is 0 Å². The van der Waals surface area contributed by atoms with Gasteiger partial charge in [0.2, 0.25) is 6.35 Å². The maximum Gasteiger partial charge on any atom is 0.366 e. The predicted molar refractivity (Wildman–Crippen MR) is 67.8 cm³/mol. The average molecular weight is 259 g/mol. The molecular weight excluding hydrogens is 238 g/mol. The van der Waals surface area contributed by atoms with E-state index in [1.54, 1.807) is 0 Å². The van der Waals surface area contributed by atoms with Crippen molar-refractivity contribution in [2.24, 2.45) is 5.92 Å². The van der Waals surface area contributed by atoms with Crippen molar-refractivity contribution in [3.63, 3.8) is 0 Å². The van der Waals surface area contributed by atoms with Gasteiger partial charge in [0.1, 0.15) is 17.9 Å². The predicted octanol–water partition coefficient (Wildman–Crippen LogP) is 1.29. The lowest BCUT2D eigenvalue weighted by Gasteiger charge is -2.31. The molecular formula is C11H21BO4P+. The van der Waals surface area contributed by atoms with Gasteiger partial charge < -0.3 is 14.9 Å². The van der Waals surface area contributed by atoms with Crippen molar-refractivity contribution in [2.45, 2.75) is 50.8 Å². The molecule has 0 spiro atoms. The summed E-state index contributed by atoms with van der Waals surface area (Å²) in [5.74, 6) is -0.486. The lowest BCUT2D eigenvalue weighted by molar-refractivity contribution is -0.115. The fraction of sp³-hybridized carbons (Fsp3) is 1.00. The molecule has 2 aliphatic rings. The molecule has 0 amide bonds. The normalized spacial score (nSPS) is 48.2. The molecule has 2 fully saturated rings. The monoisotopic (exact) mass is 259 g/mol. The second kappa shape index (κ2) is 4.62. The number of aliphatic hydroxyl groups is 2. The fourth-order valence-electron chi connectivity index (χ4n) is 2.64. The van der Waals surface area contributed by atoms with E-state index in [0.29, 0.717) is 12.6 Å². The first-order valence-corrected chi connectivity index (χ1v) is 7.21. The minimum absolute atomic E-state index is 0. The van der Waals surface area contributed by atoms with E-state index in [2.05, 4.69) is 0 Å². The number of rotatable bonds is 4. The summed E-state index contributed by atoms with van der Waals surface area (Å²) in [6.07, 6.45) is 0.370. The van der Waals surface area contributed by atoms with Crippen LogP contribution in [0.25, 0.3) is 0 Å². The van der Waals surface area contributed by atoms with Crippen molar-refractivity contribution < 1.29 is 19.5 Å². The van der Waals surface area contributed by atoms with Gasteiger partial charge >= 0.3 is 7.80 Å². The van der Waals surface area contributed by atoms with Crippen LogP contribution in [0, 0.1) is 5.92 Å². The highest BCUT2D eigenvalue weighted by Gasteiger charge is 2.75. The van der Waals surface area contributed by atoms with Crippen molar-refractivity contribution in [3.8, 4) is 0 Å². The number of fused-ring (bicyclic) bond motifs is 1. The third kappa shape index (κ3) is 2.08. The summed E-state index contributed by atoms with van der Waals surface area (Å²) < 4.78 is 16.9. The molecule has 2 rings (SSSR count). The van der Waals surface area contributed by atoms with Crippen LogP contribution in [-0.4, -0.2) is 47.9 Å². The summed E-state index contributed by atoms with van der Waals surface area (Å²) in [6, 6.07) is 0. The van der Waals surface area contributed by atoms with Crippen LogP contribution in [0.3, 0.4) is 0 Å². The molecule has 0 heterocycles. The second-order valence-electron chi connectivity index (χ2n) is 4.99. The van der Waals surface area contributed by atoms with E-state index in [0.717, 1.165) is 0 Å². The van der Waals surface area contributed by atoms with Crippen LogP contribution in [0.4, 0.5) is 0 Å². The van der Waals surface area contributed by atoms with Gasteiger partial charge in [-0.1, -0.05) is 12.0 Å². The van der Waals surface area contributed by atoms with Gasteiger partial charge in [-0.15, -0.1) is 0 Å². The molecule has 17 heavy (non-hydrogen) atoms. The summed E-state index contributed by atoms with van der Waals surface area (Å²) in [4.78, 5) is 0. The molecule has 2 saturated carbocycles. The van der Waals surface area contributed by atoms with Crippen LogP contribution in [0.2, 0.25) is 5.82 Å². The number of ether oxygens (including phenoxy) is 1. The van der Waals surface area contributed by atoms with Crippen LogP contribution in [0.5, 0.6) is 0 Å². The quantitative estimate of drug-likeness (QED) is 0.589. The molecule has 4 nitrogen and oxygen atoms in total. The van der Waals surface area contributed by atoms with Crippen molar-refractivity contribution in [2.75, 3.05) is 12.5 Å². The Hall–Kier alpha value is 0.0449. The first kappa shape index (κ1) is 15.1. The molecule has 2 aliphatic carbocycles. The third-order valence-corrected chi connectivity index (χ3v) is 5.08. The van der Waals surface area contributed by atoms with Gasteiger partial charge in [0.25, 0.3) is 0 Å². The summed E-state index contributed by atoms with van der Waals surface area (Å²) in [7, 11) is 4.48. The van der Waals surface area contributed by atoms with E-state index in [4.69, 9.17) is 12.6 Å². The molecule has 0 bridgehead atoms. The number of hydrogen-bond donors (Lipinski definition) is 2. The lowest BCUT2D eigenvalue weighted by Crippen LogP contribution is -2.46. The average Bonchev–Trinajstić information content (AvgIpc) is 2.95. The molecule has 0 saturated heterocycles. The van der Waals surface area contributed by atoms with Crippen molar-refractivity contribution in [3.05, 3.63) is 0 Å². The Morgan fingerprint density at radius 2 is 2.18 bits per heavy atom. The van der Waals surface area contributed by atoms with E-state index in [-0.39, 0.29) is 19.7 Å². The fourth-order valence-corrected chi connectivity index (χ4v) is 3.21. The molecule has 0 aromatic carbocycles. The maximum atomic E-state index is 11.3. The van der Waals surface area contributed by atoms with Crippen molar-refractivity contribution in [1.29, 1.82) is 0 Å². The first-order valence-electron chi connectivity index (χ1n) is 5.58. The Bertz CT molecular complexity index is 323. The van der Waals surface area contributed by atoms with Crippen molar-refractivity contribution in [1.82, 2.24) is 0 Å². The second-order valence-corrected chi connectivity index (χ2v) is 6.85. The van der Waals surface area contributed by atoms with Crippen LogP contribution >= 0.6 is 7.80 Å². The standard InChI is InChI=1S/C10H17BO4P.CH4/c1-3-16(14)5-15-10-4-6(10)7(11)9(2,13)8(10)12;/h6-8,12-13H,3-5H2,1-2H3;1H4/q+1;/t6?,7-,8+,9+,10?;/m1./s1. The van der Waals surface area contributed by atoms with Gasteiger partial charge in [-0.3, -0.25) is 0 Å². The molecule has 6 atom stereocenters. The zero-order valence-electron chi connectivity index (χ0n) is 9.59. The molecule has 0 aromatic heterocycles. The van der Waals surface area contributed by atoms with Gasteiger partial charge in [-0.2, -0.15) is 0 Å². The molecule has 0 aromatic rings. The van der Waals surface area contributed by atoms with Gasteiger partial charge in [-0.25, -0.2) is 0 Å². The molecule has 96 valence electrons. The zero-order chi connectivity index (χ0) is 12.1. The Morgan fingerprint density at radius 1 is 1.59 bits per heavy atom. The Balaban J connectivity index is 0.00000144. The molecule has 3 unspecified atom stereocenters. The van der Waals surface area contributed by atoms with E-state index < -0.39 is 30.9 Å². The van der Waals surface area contributed by atoms with E-state index in [9.17, 15) is 14.8 Å². The highest BCUT2D eigenvalue weighted by Crippen LogP contribution is 2.66. The Kier molecular flexibility index (Phi) is 4.10. The van der Waals surface area contributed by atoms with Crippen molar-refractivity contribution >= 4 is 15.6 Å². The highest BCUT2D eigenvalue weighted by molar-refractivity contribution is 7.44. The molecule has 6 heteroatoms. The molecule has 2 radical (unpaired) electrons. The van der Waals surface area contributed by atoms with E-state index in [1.807, 2.05) is 6.92 Å². The van der Waals surface area contributed by atoms with Crippen LogP contribution in [0.15, 0.2) is 0 Å². The summed E-state index contributed by atoms with van der Waals surface area (Å²) in [5.41, 5.74) is -2.05. The zero-order valence-corrected chi connectivity index (χ0v) is 10.5. The van der Waals surface area contributed by atoms with Crippen LogP contribution in [0.1, 0.15) is 27.7 Å². The smallest absolute Gasteiger partial charge is 0.366 e. The number of aliphatic hydroxyl groups excluding tert-OH is 1. The minimum Gasteiger partial charge on any atom is -0.388 e. The topological polar surface area (TPSA) is 66.8 Å². The Labute approximate surface area is 105 Å². The first-order chi connectivity index (χ1) is 7.36. The van der Waals surface area contributed by atoms with Crippen LogP contribution in [-0.2, 0) is 9.30 Å². The SMILES string of the molecule is C.[B][C@@H]1C2CC2(OC[P+](=O)CC)[C@@H](O)[C@@]1(C)O. The lowest BCUT2D eigenvalue weighted by atomic mass is 9.73. The van der Waals surface area contributed by atoms with Gasteiger partial charge in [-0.05, 0) is 32.0 Å². The highest BCUT2D eigenvalue weighted by atomic mass is 31.1. The Morgan fingerprint density at radius 3 is 2.59 bits per heavy atom. The summed E-state index contributed by atoms with van der Waals surface area (Å²) in [5, 5.41) is 20.0. The molecule has 0 aliphatic heterocycles. The van der Waals surface area contributed by atoms with Gasteiger partial charge in [0, 0.05) is 0 Å². The summed E-state index contributed by atoms with van der Waals surface area (Å²) in [6.45, 7) is 3.36. The maximum absolute atomic E-state index is 11.3. The molecule has 2 N–H and O–H groups in total. The van der Waals surface area contributed by atoms with E-state index >= 15 is 0 Å². The largest absolute Gasteiger partial charge is 0.388 e. The van der Waals surface area contributed by atoms with Gasteiger partial charge in [0.05, 0.1) is 13.4 Å². The van der Waals surface area contributed by atoms with E-state index in [1.165, 1.54) is 6.92 Å². The summed E-state index contributed by atoms with van der Waals surface area (Å²) >= 11 is 0. The van der Waals surface area contributed by atoms with Crippen LogP contribution < -0.4 is 0 Å².